The van der Waals surface area contributed by atoms with Crippen LogP contribution in [0.2, 0.25) is 0 Å². The Bertz CT molecular complexity index is 400. The van der Waals surface area contributed by atoms with Crippen molar-refractivity contribution < 1.29 is 14.3 Å². The zero-order valence-electron chi connectivity index (χ0n) is 10.7. The van der Waals surface area contributed by atoms with Crippen molar-refractivity contribution in [3.63, 3.8) is 0 Å². The fourth-order valence-electron chi connectivity index (χ4n) is 2.27. The number of rotatable bonds is 6. The highest BCUT2D eigenvalue weighted by atomic mass is 16.5. The number of ether oxygens (including phenoxy) is 2. The normalized spacial score (nSPS) is 18.8. The molecule has 4 heteroatoms. The minimum absolute atomic E-state index is 0.118. The standard InChI is InChI=1S/C14H19NO3/c1-17-14-10-15-8-7-12(14)13(16)6-2-4-11-5-3-9-18-11/h7-8,10-11H,2-6,9H2,1H3. The topological polar surface area (TPSA) is 48.4 Å². The number of nitrogens with zero attached hydrogens (tertiary/aromatic N) is 1. The van der Waals surface area contributed by atoms with Gasteiger partial charge in [0.15, 0.2) is 5.78 Å². The molecule has 0 radical (unpaired) electrons. The minimum atomic E-state index is 0.118. The van der Waals surface area contributed by atoms with Crippen LogP contribution in [0.3, 0.4) is 0 Å². The molecular weight excluding hydrogens is 230 g/mol. The molecule has 1 aliphatic heterocycles. The quantitative estimate of drug-likeness (QED) is 0.727. The summed E-state index contributed by atoms with van der Waals surface area (Å²) in [6, 6.07) is 1.72. The van der Waals surface area contributed by atoms with Crippen LogP contribution < -0.4 is 4.74 Å². The lowest BCUT2D eigenvalue weighted by molar-refractivity contribution is 0.0920. The summed E-state index contributed by atoms with van der Waals surface area (Å²) in [5, 5.41) is 0. The van der Waals surface area contributed by atoms with Gasteiger partial charge in [0.1, 0.15) is 5.75 Å². The molecule has 1 aliphatic rings. The second-order valence-corrected chi connectivity index (χ2v) is 4.53. The van der Waals surface area contributed by atoms with E-state index < -0.39 is 0 Å². The Morgan fingerprint density at radius 2 is 2.50 bits per heavy atom. The van der Waals surface area contributed by atoms with E-state index in [0.717, 1.165) is 32.3 Å². The van der Waals surface area contributed by atoms with Crippen molar-refractivity contribution in [2.75, 3.05) is 13.7 Å². The Labute approximate surface area is 107 Å². The van der Waals surface area contributed by atoms with Crippen molar-refractivity contribution in [1.82, 2.24) is 4.98 Å². The average Bonchev–Trinajstić information content (AvgIpc) is 2.91. The van der Waals surface area contributed by atoms with Gasteiger partial charge in [0.2, 0.25) is 0 Å². The highest BCUT2D eigenvalue weighted by molar-refractivity contribution is 5.98. The monoisotopic (exact) mass is 249 g/mol. The molecule has 1 atom stereocenters. The van der Waals surface area contributed by atoms with Gasteiger partial charge in [-0.2, -0.15) is 0 Å². The van der Waals surface area contributed by atoms with Crippen LogP contribution >= 0.6 is 0 Å². The summed E-state index contributed by atoms with van der Waals surface area (Å²) >= 11 is 0. The molecule has 0 spiro atoms. The van der Waals surface area contributed by atoms with Crippen LogP contribution in [0.4, 0.5) is 0 Å². The molecule has 0 aliphatic carbocycles. The average molecular weight is 249 g/mol. The Kier molecular flexibility index (Phi) is 4.70. The summed E-state index contributed by atoms with van der Waals surface area (Å²) in [6.45, 7) is 0.872. The van der Waals surface area contributed by atoms with E-state index in [2.05, 4.69) is 4.98 Å². The molecule has 2 heterocycles. The van der Waals surface area contributed by atoms with Gasteiger partial charge < -0.3 is 9.47 Å². The Balaban J connectivity index is 1.83. The number of carbonyl (C=O) groups is 1. The van der Waals surface area contributed by atoms with Gasteiger partial charge in [-0.3, -0.25) is 9.78 Å². The number of ketones is 1. The molecule has 1 aromatic heterocycles. The van der Waals surface area contributed by atoms with Crippen molar-refractivity contribution >= 4 is 5.78 Å². The van der Waals surface area contributed by atoms with Crippen molar-refractivity contribution in [2.45, 2.75) is 38.2 Å². The molecule has 0 amide bonds. The summed E-state index contributed by atoms with van der Waals surface area (Å²) in [5.41, 5.74) is 0.625. The lowest BCUT2D eigenvalue weighted by Crippen LogP contribution is -2.07. The molecule has 18 heavy (non-hydrogen) atoms. The van der Waals surface area contributed by atoms with Crippen molar-refractivity contribution in [3.8, 4) is 5.75 Å². The molecule has 4 nitrogen and oxygen atoms in total. The number of pyridine rings is 1. The minimum Gasteiger partial charge on any atom is -0.494 e. The largest absolute Gasteiger partial charge is 0.494 e. The lowest BCUT2D eigenvalue weighted by Gasteiger charge is -2.09. The summed E-state index contributed by atoms with van der Waals surface area (Å²) < 4.78 is 10.7. The molecule has 1 unspecified atom stereocenters. The van der Waals surface area contributed by atoms with Gasteiger partial charge in [0.05, 0.1) is 25.0 Å². The van der Waals surface area contributed by atoms with E-state index in [4.69, 9.17) is 9.47 Å². The fourth-order valence-corrected chi connectivity index (χ4v) is 2.27. The third-order valence-corrected chi connectivity index (χ3v) is 3.26. The molecule has 98 valence electrons. The Morgan fingerprint density at radius 3 is 3.22 bits per heavy atom. The van der Waals surface area contributed by atoms with Gasteiger partial charge in [-0.05, 0) is 31.7 Å². The van der Waals surface area contributed by atoms with Crippen LogP contribution in [0, 0.1) is 0 Å². The Morgan fingerprint density at radius 1 is 1.61 bits per heavy atom. The summed E-state index contributed by atoms with van der Waals surface area (Å²) in [7, 11) is 1.56. The maximum atomic E-state index is 12.0. The number of Topliss-reactive ketones (excluding diaryl/α,β-unsaturated/α-hetero) is 1. The number of methoxy groups -OCH3 is 1. The molecular formula is C14H19NO3. The first-order chi connectivity index (χ1) is 8.81. The highest BCUT2D eigenvalue weighted by Gasteiger charge is 2.17. The Hall–Kier alpha value is -1.42. The van der Waals surface area contributed by atoms with Crippen LogP contribution in [0.15, 0.2) is 18.5 Å². The molecule has 0 bridgehead atoms. The fraction of sp³-hybridized carbons (Fsp3) is 0.571. The maximum Gasteiger partial charge on any atom is 0.166 e. The van der Waals surface area contributed by atoms with E-state index in [1.165, 1.54) is 0 Å². The van der Waals surface area contributed by atoms with E-state index in [1.54, 1.807) is 25.6 Å². The molecule has 2 rings (SSSR count). The summed E-state index contributed by atoms with van der Waals surface area (Å²) in [6.07, 6.45) is 8.22. The first-order valence-electron chi connectivity index (χ1n) is 6.44. The highest BCUT2D eigenvalue weighted by Crippen LogP contribution is 2.21. The van der Waals surface area contributed by atoms with Crippen LogP contribution in [0.25, 0.3) is 0 Å². The van der Waals surface area contributed by atoms with E-state index in [-0.39, 0.29) is 5.78 Å². The number of hydrogen-bond acceptors (Lipinski definition) is 4. The molecule has 1 saturated heterocycles. The lowest BCUT2D eigenvalue weighted by atomic mass is 10.0. The van der Waals surface area contributed by atoms with E-state index in [9.17, 15) is 4.79 Å². The van der Waals surface area contributed by atoms with Crippen LogP contribution in [-0.4, -0.2) is 30.6 Å². The first-order valence-corrected chi connectivity index (χ1v) is 6.44. The van der Waals surface area contributed by atoms with Gasteiger partial charge in [0, 0.05) is 19.2 Å². The SMILES string of the molecule is COc1cnccc1C(=O)CCCC1CCCO1. The van der Waals surface area contributed by atoms with E-state index in [0.29, 0.717) is 23.8 Å². The van der Waals surface area contributed by atoms with Gasteiger partial charge in [-0.15, -0.1) is 0 Å². The number of aromatic nitrogens is 1. The van der Waals surface area contributed by atoms with Gasteiger partial charge >= 0.3 is 0 Å². The second kappa shape index (κ2) is 6.50. The molecule has 1 aromatic rings. The van der Waals surface area contributed by atoms with E-state index >= 15 is 0 Å². The zero-order chi connectivity index (χ0) is 12.8. The number of hydrogen-bond donors (Lipinski definition) is 0. The third kappa shape index (κ3) is 3.29. The smallest absolute Gasteiger partial charge is 0.166 e. The predicted molar refractivity (Wildman–Crippen MR) is 67.9 cm³/mol. The summed E-state index contributed by atoms with van der Waals surface area (Å²) in [4.78, 5) is 16.0. The van der Waals surface area contributed by atoms with Crippen LogP contribution in [0.1, 0.15) is 42.5 Å². The van der Waals surface area contributed by atoms with Crippen molar-refractivity contribution in [3.05, 3.63) is 24.0 Å². The van der Waals surface area contributed by atoms with Crippen LogP contribution in [-0.2, 0) is 4.74 Å². The maximum absolute atomic E-state index is 12.0. The van der Waals surface area contributed by atoms with Gasteiger partial charge in [-0.1, -0.05) is 0 Å². The molecule has 0 N–H and O–H groups in total. The van der Waals surface area contributed by atoms with Gasteiger partial charge in [-0.25, -0.2) is 0 Å². The molecule has 0 aromatic carbocycles. The predicted octanol–water partition coefficient (Wildman–Crippen LogP) is 2.62. The number of carbonyl (C=O) groups excluding carboxylic acids is 1. The van der Waals surface area contributed by atoms with Crippen molar-refractivity contribution in [2.24, 2.45) is 0 Å². The van der Waals surface area contributed by atoms with Gasteiger partial charge in [0.25, 0.3) is 0 Å². The second-order valence-electron chi connectivity index (χ2n) is 4.53. The third-order valence-electron chi connectivity index (χ3n) is 3.26. The first kappa shape index (κ1) is 13.0. The summed E-state index contributed by atoms with van der Waals surface area (Å²) in [5.74, 6) is 0.673. The van der Waals surface area contributed by atoms with Crippen LogP contribution in [0.5, 0.6) is 5.75 Å². The molecule has 1 fully saturated rings. The van der Waals surface area contributed by atoms with E-state index in [1.807, 2.05) is 0 Å². The molecule has 0 saturated carbocycles. The van der Waals surface area contributed by atoms with Crippen molar-refractivity contribution in [1.29, 1.82) is 0 Å². The zero-order valence-corrected chi connectivity index (χ0v) is 10.7.